The van der Waals surface area contributed by atoms with Gasteiger partial charge in [0.2, 0.25) is 10.0 Å². The fourth-order valence-corrected chi connectivity index (χ4v) is 4.10. The lowest BCUT2D eigenvalue weighted by Crippen LogP contribution is -2.29. The van der Waals surface area contributed by atoms with Gasteiger partial charge in [-0.3, -0.25) is 4.31 Å². The van der Waals surface area contributed by atoms with Crippen molar-refractivity contribution < 1.29 is 8.42 Å². The Morgan fingerprint density at radius 2 is 1.59 bits per heavy atom. The second-order valence-corrected chi connectivity index (χ2v) is 8.60. The summed E-state index contributed by atoms with van der Waals surface area (Å²) in [6.07, 6.45) is 4.98. The first-order valence-corrected chi connectivity index (χ1v) is 11.1. The fraction of sp³-hybridized carbons (Fsp3) is 0.217. The van der Waals surface area contributed by atoms with Crippen LogP contribution in [0.5, 0.6) is 0 Å². The van der Waals surface area contributed by atoms with Crippen LogP contribution in [0.2, 0.25) is 0 Å². The molecule has 0 saturated heterocycles. The lowest BCUT2D eigenvalue weighted by atomic mass is 10.0. The third-order valence-electron chi connectivity index (χ3n) is 4.53. The molecule has 4 heteroatoms. The first-order chi connectivity index (χ1) is 13.0. The largest absolute Gasteiger partial charge is 0.270 e. The van der Waals surface area contributed by atoms with Crippen molar-refractivity contribution in [2.75, 3.05) is 12.8 Å². The fourth-order valence-electron chi connectivity index (χ4n) is 3.12. The zero-order valence-corrected chi connectivity index (χ0v) is 16.6. The van der Waals surface area contributed by atoms with Gasteiger partial charge in [-0.2, -0.15) is 0 Å². The zero-order valence-electron chi connectivity index (χ0n) is 15.8. The Labute approximate surface area is 162 Å². The molecule has 0 amide bonds. The van der Waals surface area contributed by atoms with E-state index < -0.39 is 10.0 Å². The molecule has 0 aliphatic carbocycles. The minimum Gasteiger partial charge on any atom is -0.270 e. The van der Waals surface area contributed by atoms with Gasteiger partial charge in [0.1, 0.15) is 0 Å². The van der Waals surface area contributed by atoms with Crippen LogP contribution < -0.4 is 0 Å². The molecule has 0 aromatic heterocycles. The maximum atomic E-state index is 12.6. The van der Waals surface area contributed by atoms with Gasteiger partial charge in [-0.1, -0.05) is 80.1 Å². The van der Waals surface area contributed by atoms with E-state index in [4.69, 9.17) is 0 Å². The van der Waals surface area contributed by atoms with E-state index in [2.05, 4.69) is 25.1 Å². The highest BCUT2D eigenvalue weighted by Crippen LogP contribution is 2.28. The van der Waals surface area contributed by atoms with Crippen molar-refractivity contribution in [3.8, 4) is 0 Å². The van der Waals surface area contributed by atoms with Gasteiger partial charge >= 0.3 is 0 Å². The lowest BCUT2D eigenvalue weighted by Gasteiger charge is -2.26. The van der Waals surface area contributed by atoms with Crippen molar-refractivity contribution in [3.05, 3.63) is 83.9 Å². The van der Waals surface area contributed by atoms with Gasteiger partial charge < -0.3 is 0 Å². The number of hydrogen-bond donors (Lipinski definition) is 0. The third-order valence-corrected chi connectivity index (χ3v) is 5.71. The van der Waals surface area contributed by atoms with E-state index in [1.165, 1.54) is 10.6 Å². The van der Waals surface area contributed by atoms with Crippen molar-refractivity contribution in [2.45, 2.75) is 19.8 Å². The summed E-state index contributed by atoms with van der Waals surface area (Å²) in [5.74, 6) is 0. The van der Waals surface area contributed by atoms with Crippen LogP contribution in [0.1, 0.15) is 30.9 Å². The monoisotopic (exact) mass is 379 g/mol. The molecule has 27 heavy (non-hydrogen) atoms. The quantitative estimate of drug-likeness (QED) is 0.516. The molecule has 0 bridgehead atoms. The van der Waals surface area contributed by atoms with Crippen LogP contribution in [0, 0.1) is 0 Å². The molecule has 0 saturated carbocycles. The van der Waals surface area contributed by atoms with Gasteiger partial charge in [0, 0.05) is 6.54 Å². The molecule has 3 aromatic carbocycles. The van der Waals surface area contributed by atoms with E-state index in [0.29, 0.717) is 12.2 Å². The molecule has 0 aliphatic rings. The van der Waals surface area contributed by atoms with Crippen molar-refractivity contribution in [3.63, 3.8) is 0 Å². The molecular formula is C23H25NO2S. The Morgan fingerprint density at radius 1 is 0.926 bits per heavy atom. The van der Waals surface area contributed by atoms with Crippen LogP contribution in [0.15, 0.2) is 72.8 Å². The molecule has 3 rings (SSSR count). The first-order valence-electron chi connectivity index (χ1n) is 9.22. The summed E-state index contributed by atoms with van der Waals surface area (Å²) in [5, 5.41) is 2.23. The highest BCUT2D eigenvalue weighted by Gasteiger charge is 2.21. The number of fused-ring (bicyclic) bond motifs is 1. The molecule has 3 nitrogen and oxygen atoms in total. The Balaban J connectivity index is 2.17. The molecular weight excluding hydrogens is 354 g/mol. The van der Waals surface area contributed by atoms with Crippen LogP contribution in [-0.4, -0.2) is 25.5 Å². The minimum absolute atomic E-state index is 0.473. The van der Waals surface area contributed by atoms with E-state index in [1.54, 1.807) is 0 Å². The Kier molecular flexibility index (Phi) is 5.97. The predicted octanol–water partition coefficient (Wildman–Crippen LogP) is 5.40. The molecule has 0 heterocycles. The molecule has 3 aromatic rings. The summed E-state index contributed by atoms with van der Waals surface area (Å²) in [6, 6.07) is 24.1. The molecule has 0 fully saturated rings. The number of unbranched alkanes of at least 4 members (excludes halogenated alkanes) is 1. The normalized spacial score (nSPS) is 12.3. The highest BCUT2D eigenvalue weighted by molar-refractivity contribution is 7.88. The molecule has 0 aliphatic heterocycles. The van der Waals surface area contributed by atoms with Crippen LogP contribution in [0.25, 0.3) is 22.5 Å². The van der Waals surface area contributed by atoms with Gasteiger partial charge in [-0.05, 0) is 40.5 Å². The second kappa shape index (κ2) is 8.40. The molecule has 0 spiro atoms. The van der Waals surface area contributed by atoms with Crippen molar-refractivity contribution in [1.82, 2.24) is 4.31 Å². The summed E-state index contributed by atoms with van der Waals surface area (Å²) in [7, 11) is -3.39. The average Bonchev–Trinajstić information content (AvgIpc) is 2.67. The zero-order chi connectivity index (χ0) is 19.3. The standard InChI is InChI=1S/C23H25NO2S/c1-3-4-16-24(27(2,25)26)23(17-19-10-6-5-7-11-19)22-15-14-20-12-8-9-13-21(20)18-22/h5-15,17-18H,3-4,16H2,1-2H3/b23-17+. The Morgan fingerprint density at radius 3 is 2.26 bits per heavy atom. The number of nitrogens with zero attached hydrogens (tertiary/aromatic N) is 1. The van der Waals surface area contributed by atoms with Crippen LogP contribution >= 0.6 is 0 Å². The highest BCUT2D eigenvalue weighted by atomic mass is 32.2. The molecule has 0 atom stereocenters. The van der Waals surface area contributed by atoms with Crippen LogP contribution in [0.3, 0.4) is 0 Å². The van der Waals surface area contributed by atoms with E-state index in [0.717, 1.165) is 34.7 Å². The Hall–Kier alpha value is -2.59. The van der Waals surface area contributed by atoms with E-state index in [1.807, 2.05) is 60.7 Å². The van der Waals surface area contributed by atoms with Gasteiger partial charge in [-0.25, -0.2) is 8.42 Å². The maximum Gasteiger partial charge on any atom is 0.232 e. The lowest BCUT2D eigenvalue weighted by molar-refractivity contribution is 0.505. The van der Waals surface area contributed by atoms with Crippen LogP contribution in [0.4, 0.5) is 0 Å². The third kappa shape index (κ3) is 4.77. The smallest absolute Gasteiger partial charge is 0.232 e. The number of hydrogen-bond acceptors (Lipinski definition) is 2. The predicted molar refractivity (Wildman–Crippen MR) is 115 cm³/mol. The number of benzene rings is 3. The van der Waals surface area contributed by atoms with Gasteiger partial charge in [-0.15, -0.1) is 0 Å². The maximum absolute atomic E-state index is 12.6. The summed E-state index contributed by atoms with van der Waals surface area (Å²) in [4.78, 5) is 0. The number of rotatable bonds is 7. The molecule has 0 N–H and O–H groups in total. The molecule has 140 valence electrons. The van der Waals surface area contributed by atoms with Crippen molar-refractivity contribution in [2.24, 2.45) is 0 Å². The second-order valence-electron chi connectivity index (χ2n) is 6.69. The summed E-state index contributed by atoms with van der Waals surface area (Å²) < 4.78 is 26.7. The van der Waals surface area contributed by atoms with Gasteiger partial charge in [0.05, 0.1) is 12.0 Å². The summed E-state index contributed by atoms with van der Waals surface area (Å²) >= 11 is 0. The average molecular weight is 380 g/mol. The summed E-state index contributed by atoms with van der Waals surface area (Å²) in [6.45, 7) is 2.54. The first kappa shape index (κ1) is 19.2. The number of sulfonamides is 1. The SMILES string of the molecule is CCCCN(/C(=C/c1ccccc1)c1ccc2ccccc2c1)S(C)(=O)=O. The van der Waals surface area contributed by atoms with E-state index in [-0.39, 0.29) is 0 Å². The van der Waals surface area contributed by atoms with Crippen molar-refractivity contribution in [1.29, 1.82) is 0 Å². The summed E-state index contributed by atoms with van der Waals surface area (Å²) in [5.41, 5.74) is 2.59. The Bertz CT molecular complexity index is 1040. The van der Waals surface area contributed by atoms with E-state index >= 15 is 0 Å². The van der Waals surface area contributed by atoms with Crippen molar-refractivity contribution >= 4 is 32.6 Å². The minimum atomic E-state index is -3.39. The van der Waals surface area contributed by atoms with E-state index in [9.17, 15) is 8.42 Å². The van der Waals surface area contributed by atoms with Crippen LogP contribution in [-0.2, 0) is 10.0 Å². The van der Waals surface area contributed by atoms with Gasteiger partial charge in [0.15, 0.2) is 0 Å². The molecule has 0 unspecified atom stereocenters. The topological polar surface area (TPSA) is 37.4 Å². The molecule has 0 radical (unpaired) electrons. The van der Waals surface area contributed by atoms with Gasteiger partial charge in [0.25, 0.3) is 0 Å².